The normalized spacial score (nSPS) is 21.9. The van der Waals surface area contributed by atoms with Crippen LogP contribution < -0.4 is 10.2 Å². The molecule has 142 valence electrons. The first kappa shape index (κ1) is 19.9. The lowest BCUT2D eigenvalue weighted by atomic mass is 9.90. The molecule has 7 nitrogen and oxygen atoms in total. The van der Waals surface area contributed by atoms with Gasteiger partial charge >= 0.3 is 0 Å². The number of rotatable bonds is 9. The van der Waals surface area contributed by atoms with Gasteiger partial charge in [-0.2, -0.15) is 0 Å². The predicted octanol–water partition coefficient (Wildman–Crippen LogP) is 1.52. The molecule has 0 spiro atoms. The van der Waals surface area contributed by atoms with Gasteiger partial charge in [0.1, 0.15) is 11.9 Å². The number of nitrogens with one attached hydrogen (secondary N) is 1. The number of benzene rings is 1. The Bertz CT molecular complexity index is 657. The van der Waals surface area contributed by atoms with E-state index in [2.05, 4.69) is 17.0 Å². The molecule has 0 radical (unpaired) electrons. The molecule has 0 bridgehead atoms. The van der Waals surface area contributed by atoms with Crippen LogP contribution in [0.2, 0.25) is 0 Å². The van der Waals surface area contributed by atoms with Crippen LogP contribution in [0.15, 0.2) is 41.9 Å². The second kappa shape index (κ2) is 8.82. The smallest absolute Gasteiger partial charge is 0.266 e. The van der Waals surface area contributed by atoms with Crippen LogP contribution in [-0.2, 0) is 9.53 Å². The van der Waals surface area contributed by atoms with E-state index < -0.39 is 11.6 Å². The summed E-state index contributed by atoms with van der Waals surface area (Å²) in [6.45, 7) is 6.15. The fourth-order valence-electron chi connectivity index (χ4n) is 2.70. The third-order valence-corrected chi connectivity index (χ3v) is 4.11. The number of hydrazine groups is 1. The molecule has 0 aromatic heterocycles. The molecule has 1 amide bonds. The number of carbonyl (C=O) groups is 1. The van der Waals surface area contributed by atoms with Crippen LogP contribution >= 0.6 is 0 Å². The number of ether oxygens (including phenoxy) is 2. The Balaban J connectivity index is 2.22. The van der Waals surface area contributed by atoms with E-state index in [0.29, 0.717) is 31.1 Å². The zero-order chi connectivity index (χ0) is 19.2. The molecule has 0 saturated carbocycles. The monoisotopic (exact) mass is 361 g/mol. The Morgan fingerprint density at radius 2 is 2.15 bits per heavy atom. The minimum atomic E-state index is -1.04. The Hall–Kier alpha value is -2.38. The Morgan fingerprint density at radius 3 is 2.73 bits per heavy atom. The number of aliphatic imine (C=N–C) groups is 1. The summed E-state index contributed by atoms with van der Waals surface area (Å²) >= 11 is 0. The molecule has 0 unspecified atom stereocenters. The summed E-state index contributed by atoms with van der Waals surface area (Å²) in [4.78, 5) is 17.4. The molecule has 2 atom stereocenters. The number of aliphatic hydroxyl groups excluding tert-OH is 1. The van der Waals surface area contributed by atoms with Crippen molar-refractivity contribution >= 4 is 11.8 Å². The van der Waals surface area contributed by atoms with E-state index in [4.69, 9.17) is 14.6 Å². The zero-order valence-electron chi connectivity index (χ0n) is 15.6. The lowest BCUT2D eigenvalue weighted by Crippen LogP contribution is -2.54. The van der Waals surface area contributed by atoms with Gasteiger partial charge < -0.3 is 14.6 Å². The van der Waals surface area contributed by atoms with Crippen LogP contribution in [0, 0.1) is 0 Å². The molecule has 2 rings (SSSR count). The number of amides is 1. The van der Waals surface area contributed by atoms with Crippen LogP contribution in [0.3, 0.4) is 0 Å². The quantitative estimate of drug-likeness (QED) is 0.396. The van der Waals surface area contributed by atoms with Gasteiger partial charge in [-0.3, -0.25) is 10.2 Å². The average Bonchev–Trinajstić information content (AvgIpc) is 2.93. The molecule has 1 aliphatic rings. The van der Waals surface area contributed by atoms with Gasteiger partial charge in [0.05, 0.1) is 6.61 Å². The van der Waals surface area contributed by atoms with Gasteiger partial charge in [-0.05, 0) is 31.2 Å². The Labute approximate surface area is 154 Å². The maximum atomic E-state index is 12.7. The molecule has 0 fully saturated rings. The first-order chi connectivity index (χ1) is 12.4. The number of aliphatic hydroxyl groups is 1. The highest BCUT2D eigenvalue weighted by Gasteiger charge is 2.49. The maximum Gasteiger partial charge on any atom is 0.266 e. The van der Waals surface area contributed by atoms with E-state index in [1.165, 1.54) is 0 Å². The lowest BCUT2D eigenvalue weighted by Gasteiger charge is -2.28. The van der Waals surface area contributed by atoms with E-state index in [1.54, 1.807) is 25.2 Å². The van der Waals surface area contributed by atoms with Crippen molar-refractivity contribution in [1.82, 2.24) is 10.4 Å². The van der Waals surface area contributed by atoms with Gasteiger partial charge in [-0.1, -0.05) is 6.08 Å². The summed E-state index contributed by atoms with van der Waals surface area (Å²) in [5.41, 5.74) is 2.50. The van der Waals surface area contributed by atoms with Gasteiger partial charge in [0.15, 0.2) is 5.54 Å². The Kier molecular flexibility index (Phi) is 6.76. The van der Waals surface area contributed by atoms with E-state index in [9.17, 15) is 4.79 Å². The first-order valence-electron chi connectivity index (χ1n) is 8.63. The number of hydrogen-bond acceptors (Lipinski definition) is 6. The molecule has 0 saturated heterocycles. The van der Waals surface area contributed by atoms with Crippen molar-refractivity contribution in [2.45, 2.75) is 31.4 Å². The summed E-state index contributed by atoms with van der Waals surface area (Å²) in [5.74, 6) is 0.903. The summed E-state index contributed by atoms with van der Waals surface area (Å²) in [5, 5.41) is 10.4. The summed E-state index contributed by atoms with van der Waals surface area (Å²) in [7, 11) is 3.50. The second-order valence-corrected chi connectivity index (χ2v) is 6.38. The topological polar surface area (TPSA) is 83.4 Å². The van der Waals surface area contributed by atoms with Crippen molar-refractivity contribution in [1.29, 1.82) is 0 Å². The molecule has 0 aliphatic carbocycles. The molecule has 1 aromatic carbocycles. The first-order valence-corrected chi connectivity index (χ1v) is 8.63. The van der Waals surface area contributed by atoms with Crippen LogP contribution in [0.25, 0.3) is 0 Å². The summed E-state index contributed by atoms with van der Waals surface area (Å²) in [6.07, 6.45) is 2.22. The van der Waals surface area contributed by atoms with E-state index in [0.717, 1.165) is 5.56 Å². The van der Waals surface area contributed by atoms with Gasteiger partial charge in [0.2, 0.25) is 5.90 Å². The molecule has 1 aliphatic heterocycles. The summed E-state index contributed by atoms with van der Waals surface area (Å²) in [6, 6.07) is 7.31. The standard InChI is InChI=1S/C19H27N3O4/c1-5-11-19(18(24)21-22(3)4)14(2)26-17(20-19)15-7-9-16(10-8-15)25-13-6-12-23/h5,7-10,14,23H,1,6,11-13H2,2-4H3,(H,21,24)/t14-,19-/m0/s1. The number of hydrogen-bond donors (Lipinski definition) is 2. The van der Waals surface area contributed by atoms with Gasteiger partial charge in [0, 0.05) is 39.1 Å². The Morgan fingerprint density at radius 1 is 1.46 bits per heavy atom. The van der Waals surface area contributed by atoms with E-state index in [1.807, 2.05) is 31.2 Å². The molecular formula is C19H27N3O4. The fraction of sp³-hybridized carbons (Fsp3) is 0.474. The maximum absolute atomic E-state index is 12.7. The van der Waals surface area contributed by atoms with Crippen molar-refractivity contribution in [3.63, 3.8) is 0 Å². The van der Waals surface area contributed by atoms with Crippen molar-refractivity contribution in [3.05, 3.63) is 42.5 Å². The number of nitrogens with zero attached hydrogens (tertiary/aromatic N) is 2. The second-order valence-electron chi connectivity index (χ2n) is 6.38. The summed E-state index contributed by atoms with van der Waals surface area (Å²) < 4.78 is 11.4. The minimum absolute atomic E-state index is 0.0982. The highest BCUT2D eigenvalue weighted by Crippen LogP contribution is 2.32. The van der Waals surface area contributed by atoms with Crippen molar-refractivity contribution in [3.8, 4) is 5.75 Å². The van der Waals surface area contributed by atoms with Gasteiger partial charge in [-0.25, -0.2) is 10.0 Å². The number of carbonyl (C=O) groups excluding carboxylic acids is 1. The van der Waals surface area contributed by atoms with Crippen molar-refractivity contribution in [2.75, 3.05) is 27.3 Å². The molecule has 26 heavy (non-hydrogen) atoms. The van der Waals surface area contributed by atoms with Gasteiger partial charge in [-0.15, -0.1) is 6.58 Å². The van der Waals surface area contributed by atoms with Crippen LogP contribution in [-0.4, -0.2) is 60.9 Å². The van der Waals surface area contributed by atoms with E-state index in [-0.39, 0.29) is 12.5 Å². The minimum Gasteiger partial charge on any atom is -0.494 e. The third-order valence-electron chi connectivity index (χ3n) is 4.11. The van der Waals surface area contributed by atoms with Crippen LogP contribution in [0.5, 0.6) is 5.75 Å². The van der Waals surface area contributed by atoms with Crippen molar-refractivity contribution in [2.24, 2.45) is 4.99 Å². The highest BCUT2D eigenvalue weighted by molar-refractivity contribution is 6.00. The van der Waals surface area contributed by atoms with Crippen molar-refractivity contribution < 1.29 is 19.4 Å². The molecular weight excluding hydrogens is 334 g/mol. The predicted molar refractivity (Wildman–Crippen MR) is 100 cm³/mol. The largest absolute Gasteiger partial charge is 0.494 e. The SMILES string of the molecule is C=CC[C@]1(C(=O)NN(C)C)N=C(c2ccc(OCCCO)cc2)O[C@H]1C. The van der Waals surface area contributed by atoms with E-state index >= 15 is 0 Å². The lowest BCUT2D eigenvalue weighted by molar-refractivity contribution is -0.132. The third kappa shape index (κ3) is 4.42. The molecule has 2 N–H and O–H groups in total. The fourth-order valence-corrected chi connectivity index (χ4v) is 2.70. The van der Waals surface area contributed by atoms with Crippen LogP contribution in [0.1, 0.15) is 25.3 Å². The van der Waals surface area contributed by atoms with Gasteiger partial charge in [0.25, 0.3) is 5.91 Å². The zero-order valence-corrected chi connectivity index (χ0v) is 15.6. The molecule has 7 heteroatoms. The van der Waals surface area contributed by atoms with Crippen LogP contribution in [0.4, 0.5) is 0 Å². The molecule has 1 aromatic rings. The molecule has 1 heterocycles. The highest BCUT2D eigenvalue weighted by atomic mass is 16.5. The average molecular weight is 361 g/mol.